The third-order valence-electron chi connectivity index (χ3n) is 5.68. The summed E-state index contributed by atoms with van der Waals surface area (Å²) in [6, 6.07) is 17.5. The van der Waals surface area contributed by atoms with Crippen molar-refractivity contribution in [1.82, 2.24) is 24.1 Å². The molecule has 2 aromatic carbocycles. The highest BCUT2D eigenvalue weighted by Crippen LogP contribution is 2.22. The Morgan fingerprint density at radius 1 is 1.06 bits per heavy atom. The Kier molecular flexibility index (Phi) is 7.13. The van der Waals surface area contributed by atoms with Gasteiger partial charge in [0.1, 0.15) is 0 Å². The summed E-state index contributed by atoms with van der Waals surface area (Å²) in [7, 11) is 0. The summed E-state index contributed by atoms with van der Waals surface area (Å²) in [4.78, 5) is 27.9. The predicted molar refractivity (Wildman–Crippen MR) is 132 cm³/mol. The van der Waals surface area contributed by atoms with Gasteiger partial charge in [0, 0.05) is 19.6 Å². The number of hydrogen-bond acceptors (Lipinski definition) is 5. The minimum absolute atomic E-state index is 0.0422. The van der Waals surface area contributed by atoms with E-state index in [1.54, 1.807) is 4.57 Å². The highest BCUT2D eigenvalue weighted by molar-refractivity contribution is 7.99. The minimum Gasteiger partial charge on any atom is -0.338 e. The maximum absolute atomic E-state index is 13.1. The molecule has 0 saturated heterocycles. The monoisotopic (exact) mass is 463 g/mol. The number of hydrogen-bond donors (Lipinski definition) is 0. The maximum atomic E-state index is 13.1. The van der Waals surface area contributed by atoms with Gasteiger partial charge in [-0.1, -0.05) is 68.1 Å². The molecule has 0 aliphatic heterocycles. The van der Waals surface area contributed by atoms with E-state index in [-0.39, 0.29) is 17.2 Å². The van der Waals surface area contributed by atoms with Crippen LogP contribution in [0.2, 0.25) is 0 Å². The second kappa shape index (κ2) is 10.2. The second-order valence-electron chi connectivity index (χ2n) is 8.46. The Morgan fingerprint density at radius 3 is 2.52 bits per heavy atom. The molecule has 2 aromatic heterocycles. The molecule has 0 aliphatic rings. The number of fused-ring (bicyclic) bond motifs is 3. The molecule has 0 saturated carbocycles. The Balaban J connectivity index is 1.63. The first-order valence-electron chi connectivity index (χ1n) is 11.3. The minimum atomic E-state index is -0.0567. The van der Waals surface area contributed by atoms with Crippen LogP contribution in [0.4, 0.5) is 0 Å². The fourth-order valence-electron chi connectivity index (χ4n) is 3.81. The Hall–Kier alpha value is -3.13. The Bertz CT molecular complexity index is 1310. The van der Waals surface area contributed by atoms with Crippen LogP contribution < -0.4 is 5.56 Å². The normalized spacial score (nSPS) is 11.5. The SMILES string of the molecule is CCN(Cc1ccccc1)C(=O)CSc1nnc2n(CCC(C)C)c(=O)c3ccccc3n12. The van der Waals surface area contributed by atoms with E-state index in [2.05, 4.69) is 24.0 Å². The number of benzene rings is 2. The lowest BCUT2D eigenvalue weighted by Gasteiger charge is -2.20. The van der Waals surface area contributed by atoms with Crippen LogP contribution in [-0.4, -0.2) is 42.3 Å². The van der Waals surface area contributed by atoms with Crippen LogP contribution in [0, 0.1) is 5.92 Å². The van der Waals surface area contributed by atoms with E-state index < -0.39 is 0 Å². The number of thioether (sulfide) groups is 1. The largest absolute Gasteiger partial charge is 0.338 e. The number of aryl methyl sites for hydroxylation is 1. The van der Waals surface area contributed by atoms with Crippen molar-refractivity contribution >= 4 is 34.3 Å². The number of para-hydroxylation sites is 1. The van der Waals surface area contributed by atoms with E-state index in [9.17, 15) is 9.59 Å². The van der Waals surface area contributed by atoms with Crippen LogP contribution in [0.1, 0.15) is 32.8 Å². The topological polar surface area (TPSA) is 72.5 Å². The first-order chi connectivity index (χ1) is 16.0. The quantitative estimate of drug-likeness (QED) is 0.347. The Morgan fingerprint density at radius 2 is 1.79 bits per heavy atom. The third kappa shape index (κ3) is 4.95. The van der Waals surface area contributed by atoms with Crippen molar-refractivity contribution in [1.29, 1.82) is 0 Å². The van der Waals surface area contributed by atoms with E-state index in [1.807, 2.05) is 70.8 Å². The van der Waals surface area contributed by atoms with Gasteiger partial charge in [-0.25, -0.2) is 0 Å². The molecule has 4 aromatic rings. The van der Waals surface area contributed by atoms with Crippen LogP contribution in [0.3, 0.4) is 0 Å². The molecule has 1 amide bonds. The molecular weight excluding hydrogens is 434 g/mol. The lowest BCUT2D eigenvalue weighted by Crippen LogP contribution is -2.31. The molecule has 4 rings (SSSR count). The standard InChI is InChI=1S/C25H29N5O2S/c1-4-28(16-19-10-6-5-7-11-19)22(31)17-33-25-27-26-24-29(15-14-18(2)3)23(32)20-12-8-9-13-21(20)30(24)25/h5-13,18H,4,14-17H2,1-3H3. The van der Waals surface area contributed by atoms with E-state index in [1.165, 1.54) is 11.8 Å². The van der Waals surface area contributed by atoms with Crippen molar-refractivity contribution in [2.45, 2.75) is 45.4 Å². The molecule has 0 N–H and O–H groups in total. The molecule has 0 spiro atoms. The highest BCUT2D eigenvalue weighted by Gasteiger charge is 2.19. The van der Waals surface area contributed by atoms with Gasteiger partial charge in [0.15, 0.2) is 5.16 Å². The van der Waals surface area contributed by atoms with Crippen molar-refractivity contribution in [3.63, 3.8) is 0 Å². The molecule has 0 aliphatic carbocycles. The highest BCUT2D eigenvalue weighted by atomic mass is 32.2. The van der Waals surface area contributed by atoms with Crippen molar-refractivity contribution in [2.24, 2.45) is 5.92 Å². The average Bonchev–Trinajstić information content (AvgIpc) is 3.25. The summed E-state index contributed by atoms with van der Waals surface area (Å²) in [5, 5.41) is 9.95. The molecule has 0 fully saturated rings. The zero-order valence-electron chi connectivity index (χ0n) is 19.3. The smallest absolute Gasteiger partial charge is 0.262 e. The van der Waals surface area contributed by atoms with Crippen molar-refractivity contribution in [3.05, 3.63) is 70.5 Å². The molecule has 172 valence electrons. The second-order valence-corrected chi connectivity index (χ2v) is 9.40. The molecule has 0 bridgehead atoms. The summed E-state index contributed by atoms with van der Waals surface area (Å²) in [5.41, 5.74) is 1.81. The zero-order valence-corrected chi connectivity index (χ0v) is 20.1. The molecule has 33 heavy (non-hydrogen) atoms. The van der Waals surface area contributed by atoms with Gasteiger partial charge in [-0.05, 0) is 37.0 Å². The number of carbonyl (C=O) groups excluding carboxylic acids is 1. The lowest BCUT2D eigenvalue weighted by atomic mass is 10.1. The first-order valence-corrected chi connectivity index (χ1v) is 12.3. The van der Waals surface area contributed by atoms with Gasteiger partial charge in [0.05, 0.1) is 16.7 Å². The summed E-state index contributed by atoms with van der Waals surface area (Å²) >= 11 is 1.36. The van der Waals surface area contributed by atoms with Crippen molar-refractivity contribution in [2.75, 3.05) is 12.3 Å². The maximum Gasteiger partial charge on any atom is 0.262 e. The van der Waals surface area contributed by atoms with Gasteiger partial charge in [0.25, 0.3) is 5.56 Å². The van der Waals surface area contributed by atoms with Gasteiger partial charge in [-0.15, -0.1) is 10.2 Å². The molecule has 7 nitrogen and oxygen atoms in total. The van der Waals surface area contributed by atoms with Crippen molar-refractivity contribution in [3.8, 4) is 0 Å². The van der Waals surface area contributed by atoms with Gasteiger partial charge >= 0.3 is 0 Å². The van der Waals surface area contributed by atoms with Gasteiger partial charge in [-0.2, -0.15) is 0 Å². The van der Waals surface area contributed by atoms with Crippen LogP contribution in [0.25, 0.3) is 16.7 Å². The van der Waals surface area contributed by atoms with Crippen LogP contribution in [0.15, 0.2) is 64.5 Å². The molecule has 2 heterocycles. The van der Waals surface area contributed by atoms with Crippen molar-refractivity contribution < 1.29 is 4.79 Å². The average molecular weight is 464 g/mol. The van der Waals surface area contributed by atoms with E-state index in [0.29, 0.717) is 41.9 Å². The third-order valence-corrected chi connectivity index (χ3v) is 6.60. The molecule has 0 radical (unpaired) electrons. The molecule has 0 unspecified atom stereocenters. The summed E-state index contributed by atoms with van der Waals surface area (Å²) < 4.78 is 3.61. The fourth-order valence-corrected chi connectivity index (χ4v) is 4.66. The number of aromatic nitrogens is 4. The number of rotatable bonds is 9. The summed E-state index contributed by atoms with van der Waals surface area (Å²) in [5.74, 6) is 1.27. The van der Waals surface area contributed by atoms with E-state index in [4.69, 9.17) is 0 Å². The molecular formula is C25H29N5O2S. The predicted octanol–water partition coefficient (Wildman–Crippen LogP) is 4.23. The van der Waals surface area contributed by atoms with Crippen LogP contribution >= 0.6 is 11.8 Å². The first kappa shape index (κ1) is 23.0. The van der Waals surface area contributed by atoms with Gasteiger partial charge in [-0.3, -0.25) is 18.6 Å². The summed E-state index contributed by atoms with van der Waals surface area (Å²) in [6.07, 6.45) is 0.868. The van der Waals surface area contributed by atoms with Gasteiger partial charge < -0.3 is 4.90 Å². The number of nitrogens with zero attached hydrogens (tertiary/aromatic N) is 5. The van der Waals surface area contributed by atoms with Crippen LogP contribution in [0.5, 0.6) is 0 Å². The van der Waals surface area contributed by atoms with E-state index >= 15 is 0 Å². The van der Waals surface area contributed by atoms with Crippen LogP contribution in [-0.2, 0) is 17.9 Å². The van der Waals surface area contributed by atoms with E-state index in [0.717, 1.165) is 17.5 Å². The summed E-state index contributed by atoms with van der Waals surface area (Å²) in [6.45, 7) is 8.04. The zero-order chi connectivity index (χ0) is 23.4. The molecule has 0 atom stereocenters. The lowest BCUT2D eigenvalue weighted by molar-refractivity contribution is -0.128. The number of carbonyl (C=O) groups is 1. The van der Waals surface area contributed by atoms with Gasteiger partial charge in [0.2, 0.25) is 11.7 Å². The fraction of sp³-hybridized carbons (Fsp3) is 0.360. The Labute approximate surface area is 197 Å². The number of amides is 1. The molecule has 8 heteroatoms.